The average Bonchev–Trinajstić information content (AvgIpc) is 3.13. The molecule has 1 saturated carbocycles. The highest BCUT2D eigenvalue weighted by Crippen LogP contribution is 2.40. The fourth-order valence-corrected chi connectivity index (χ4v) is 3.46. The SMILES string of the molecule is Cc1c(C(F)(F)F)nn(CC2CCC(F)(F)C2)c1C(=O)Nc1ccnc(C=O)c1. The maximum atomic E-state index is 13.5. The van der Waals surface area contributed by atoms with Crippen LogP contribution in [0.5, 0.6) is 0 Å². The maximum absolute atomic E-state index is 13.5. The second kappa shape index (κ2) is 7.53. The van der Waals surface area contributed by atoms with Gasteiger partial charge in [0.05, 0.1) is 0 Å². The van der Waals surface area contributed by atoms with Crippen LogP contribution in [0.1, 0.15) is 51.5 Å². The fourth-order valence-electron chi connectivity index (χ4n) is 3.46. The highest BCUT2D eigenvalue weighted by Gasteiger charge is 2.42. The summed E-state index contributed by atoms with van der Waals surface area (Å²) in [6, 6.07) is 2.62. The van der Waals surface area contributed by atoms with E-state index in [-0.39, 0.29) is 36.5 Å². The molecule has 0 saturated heterocycles. The molecule has 1 aliphatic rings. The van der Waals surface area contributed by atoms with Gasteiger partial charge in [0.1, 0.15) is 11.4 Å². The first-order valence-electron chi connectivity index (χ1n) is 8.75. The summed E-state index contributed by atoms with van der Waals surface area (Å²) in [5, 5.41) is 5.91. The van der Waals surface area contributed by atoms with Gasteiger partial charge < -0.3 is 5.32 Å². The monoisotopic (exact) mass is 416 g/mol. The van der Waals surface area contributed by atoms with Crippen LogP contribution in [0.25, 0.3) is 0 Å². The fraction of sp³-hybridized carbons (Fsp3) is 0.444. The number of nitrogens with one attached hydrogen (secondary N) is 1. The summed E-state index contributed by atoms with van der Waals surface area (Å²) in [7, 11) is 0. The molecule has 2 heterocycles. The van der Waals surface area contributed by atoms with Gasteiger partial charge in [-0.15, -0.1) is 0 Å². The summed E-state index contributed by atoms with van der Waals surface area (Å²) >= 11 is 0. The van der Waals surface area contributed by atoms with E-state index in [1.54, 1.807) is 0 Å². The van der Waals surface area contributed by atoms with E-state index in [2.05, 4.69) is 15.4 Å². The molecule has 1 fully saturated rings. The van der Waals surface area contributed by atoms with Crippen molar-refractivity contribution in [2.24, 2.45) is 5.92 Å². The zero-order valence-electron chi connectivity index (χ0n) is 15.3. The van der Waals surface area contributed by atoms with Crippen LogP contribution in [-0.4, -0.2) is 32.9 Å². The van der Waals surface area contributed by atoms with E-state index in [4.69, 9.17) is 0 Å². The van der Waals surface area contributed by atoms with Crippen molar-refractivity contribution in [1.29, 1.82) is 0 Å². The Hall–Kier alpha value is -2.85. The summed E-state index contributed by atoms with van der Waals surface area (Å²) in [6.45, 7) is 0.874. The molecule has 156 valence electrons. The van der Waals surface area contributed by atoms with Gasteiger partial charge in [0.2, 0.25) is 5.92 Å². The van der Waals surface area contributed by atoms with E-state index in [9.17, 15) is 31.5 Å². The van der Waals surface area contributed by atoms with Gasteiger partial charge in [-0.05, 0) is 31.4 Å². The number of hydrogen-bond acceptors (Lipinski definition) is 4. The minimum Gasteiger partial charge on any atom is -0.321 e. The molecule has 1 unspecified atom stereocenters. The summed E-state index contributed by atoms with van der Waals surface area (Å²) in [5.41, 5.74) is -1.82. The minimum absolute atomic E-state index is 0.0252. The number of rotatable bonds is 5. The second-order valence-electron chi connectivity index (χ2n) is 7.01. The average molecular weight is 416 g/mol. The van der Waals surface area contributed by atoms with Gasteiger partial charge in [0.15, 0.2) is 12.0 Å². The number of aldehydes is 1. The first-order chi connectivity index (χ1) is 13.5. The first-order valence-corrected chi connectivity index (χ1v) is 8.75. The number of alkyl halides is 5. The molecule has 0 spiro atoms. The molecule has 3 rings (SSSR count). The van der Waals surface area contributed by atoms with Gasteiger partial charge in [-0.1, -0.05) is 0 Å². The molecule has 0 aliphatic heterocycles. The quantitative estimate of drug-likeness (QED) is 0.588. The predicted molar refractivity (Wildman–Crippen MR) is 91.8 cm³/mol. The van der Waals surface area contributed by atoms with Gasteiger partial charge in [0.25, 0.3) is 5.91 Å². The van der Waals surface area contributed by atoms with Gasteiger partial charge in [-0.25, -0.2) is 8.78 Å². The van der Waals surface area contributed by atoms with Crippen LogP contribution >= 0.6 is 0 Å². The lowest BCUT2D eigenvalue weighted by Crippen LogP contribution is -2.22. The van der Waals surface area contributed by atoms with E-state index in [0.29, 0.717) is 6.29 Å². The minimum atomic E-state index is -4.80. The Labute approximate surface area is 162 Å². The Morgan fingerprint density at radius 1 is 1.41 bits per heavy atom. The predicted octanol–water partition coefficient (Wildman–Crippen LogP) is 4.11. The van der Waals surface area contributed by atoms with Crippen molar-refractivity contribution >= 4 is 17.9 Å². The Balaban J connectivity index is 1.93. The lowest BCUT2D eigenvalue weighted by Gasteiger charge is -2.14. The lowest BCUT2D eigenvalue weighted by molar-refractivity contribution is -0.142. The maximum Gasteiger partial charge on any atom is 0.435 e. The van der Waals surface area contributed by atoms with Gasteiger partial charge >= 0.3 is 6.18 Å². The van der Waals surface area contributed by atoms with Gasteiger partial charge in [-0.2, -0.15) is 18.3 Å². The summed E-state index contributed by atoms with van der Waals surface area (Å²) < 4.78 is 67.7. The van der Waals surface area contributed by atoms with Gasteiger partial charge in [0, 0.05) is 36.8 Å². The summed E-state index contributed by atoms with van der Waals surface area (Å²) in [5.74, 6) is -4.36. The van der Waals surface area contributed by atoms with Crippen LogP contribution < -0.4 is 5.32 Å². The normalized spacial score (nSPS) is 18.6. The number of carbonyl (C=O) groups is 2. The molecule has 0 radical (unpaired) electrons. The van der Waals surface area contributed by atoms with Crippen molar-refractivity contribution in [3.05, 3.63) is 41.0 Å². The summed E-state index contributed by atoms with van der Waals surface area (Å²) in [6.07, 6.45) is -3.79. The molecule has 0 aromatic carbocycles. The zero-order chi connectivity index (χ0) is 21.4. The first kappa shape index (κ1) is 20.9. The van der Waals surface area contributed by atoms with E-state index in [0.717, 1.165) is 11.6 Å². The van der Waals surface area contributed by atoms with Crippen LogP contribution in [-0.2, 0) is 12.7 Å². The summed E-state index contributed by atoms with van der Waals surface area (Å²) in [4.78, 5) is 27.2. The number of anilines is 1. The molecular formula is C18H17F5N4O2. The highest BCUT2D eigenvalue weighted by molar-refractivity contribution is 6.04. The molecule has 2 aromatic heterocycles. The molecule has 6 nitrogen and oxygen atoms in total. The molecule has 1 aliphatic carbocycles. The Kier molecular flexibility index (Phi) is 5.42. The third-order valence-corrected chi connectivity index (χ3v) is 4.77. The number of pyridine rings is 1. The molecule has 29 heavy (non-hydrogen) atoms. The molecule has 0 bridgehead atoms. The van der Waals surface area contributed by atoms with E-state index >= 15 is 0 Å². The standard InChI is InChI=1S/C18H17F5N4O2/c1-10-14(16(29)25-12-3-5-24-13(6-12)9-28)27(26-15(10)18(21,22)23)8-11-2-4-17(19,20)7-11/h3,5-6,9,11H,2,4,7-8H2,1H3,(H,24,25,29). The van der Waals surface area contributed by atoms with Crippen LogP contribution in [0.15, 0.2) is 18.3 Å². The van der Waals surface area contributed by atoms with E-state index in [1.165, 1.54) is 18.3 Å². The number of hydrogen-bond donors (Lipinski definition) is 1. The van der Waals surface area contributed by atoms with Crippen LogP contribution in [0.4, 0.5) is 27.6 Å². The Bertz CT molecular complexity index is 939. The number of halogens is 5. The topological polar surface area (TPSA) is 76.9 Å². The van der Waals surface area contributed by atoms with Crippen molar-refractivity contribution in [3.63, 3.8) is 0 Å². The second-order valence-corrected chi connectivity index (χ2v) is 7.01. The number of amides is 1. The number of aromatic nitrogens is 3. The number of nitrogens with zero attached hydrogens (tertiary/aromatic N) is 3. The molecule has 11 heteroatoms. The highest BCUT2D eigenvalue weighted by atomic mass is 19.4. The molecular weight excluding hydrogens is 399 g/mol. The smallest absolute Gasteiger partial charge is 0.321 e. The van der Waals surface area contributed by atoms with Crippen LogP contribution in [0, 0.1) is 12.8 Å². The molecule has 1 amide bonds. The van der Waals surface area contributed by atoms with Gasteiger partial charge in [-0.3, -0.25) is 19.3 Å². The Morgan fingerprint density at radius 3 is 2.72 bits per heavy atom. The lowest BCUT2D eigenvalue weighted by atomic mass is 10.1. The van der Waals surface area contributed by atoms with E-state index < -0.39 is 41.6 Å². The third-order valence-electron chi connectivity index (χ3n) is 4.77. The van der Waals surface area contributed by atoms with Crippen molar-refractivity contribution < 1.29 is 31.5 Å². The largest absolute Gasteiger partial charge is 0.435 e. The number of carbonyl (C=O) groups excluding carboxylic acids is 2. The zero-order valence-corrected chi connectivity index (χ0v) is 15.3. The molecule has 1 atom stereocenters. The van der Waals surface area contributed by atoms with E-state index in [1.807, 2.05) is 0 Å². The third kappa shape index (κ3) is 4.60. The Morgan fingerprint density at radius 2 is 2.14 bits per heavy atom. The van der Waals surface area contributed by atoms with Crippen molar-refractivity contribution in [2.45, 2.75) is 44.8 Å². The molecule has 1 N–H and O–H groups in total. The van der Waals surface area contributed by atoms with Crippen molar-refractivity contribution in [1.82, 2.24) is 14.8 Å². The molecule has 2 aromatic rings. The van der Waals surface area contributed by atoms with Crippen LogP contribution in [0.3, 0.4) is 0 Å². The van der Waals surface area contributed by atoms with Crippen molar-refractivity contribution in [3.8, 4) is 0 Å². The van der Waals surface area contributed by atoms with Crippen molar-refractivity contribution in [2.75, 3.05) is 5.32 Å². The van der Waals surface area contributed by atoms with Crippen LogP contribution in [0.2, 0.25) is 0 Å².